The van der Waals surface area contributed by atoms with Crippen LogP contribution >= 0.6 is 0 Å². The summed E-state index contributed by atoms with van der Waals surface area (Å²) < 4.78 is 5.22. The molecule has 15 heavy (non-hydrogen) atoms. The molecule has 1 aliphatic carbocycles. The second kappa shape index (κ2) is 6.83. The van der Waals surface area contributed by atoms with E-state index in [0.29, 0.717) is 6.61 Å². The quantitative estimate of drug-likeness (QED) is 0.544. The Morgan fingerprint density at radius 1 is 1.33 bits per heavy atom. The largest absolute Gasteiger partial charge is 0.465 e. The molecule has 2 N–H and O–H groups in total. The van der Waals surface area contributed by atoms with Crippen LogP contribution in [0.3, 0.4) is 0 Å². The summed E-state index contributed by atoms with van der Waals surface area (Å²) in [6.07, 6.45) is 7.52. The van der Waals surface area contributed by atoms with Gasteiger partial charge in [-0.05, 0) is 19.3 Å². The highest BCUT2D eigenvalue weighted by molar-refractivity contribution is 5.73. The zero-order chi connectivity index (χ0) is 11.1. The Kier molecular flexibility index (Phi) is 5.69. The molecule has 1 saturated carbocycles. The average Bonchev–Trinajstić information content (AvgIpc) is 2.64. The molecular weight excluding hydrogens is 190 g/mol. The maximum atomic E-state index is 11.6. The summed E-state index contributed by atoms with van der Waals surface area (Å²) in [5.41, 5.74) is 5.83. The van der Waals surface area contributed by atoms with Crippen LogP contribution in [0.15, 0.2) is 0 Å². The van der Waals surface area contributed by atoms with Crippen molar-refractivity contribution in [3.63, 3.8) is 0 Å². The highest BCUT2D eigenvalue weighted by Gasteiger charge is 2.31. The van der Waals surface area contributed by atoms with Crippen molar-refractivity contribution in [3.8, 4) is 0 Å². The lowest BCUT2D eigenvalue weighted by Gasteiger charge is -2.14. The molecule has 2 unspecified atom stereocenters. The standard InChI is InChI=1S/C12H23NO2/c1-2-3-4-5-9-15-12(14)10-7-6-8-11(10)13/h10-11H,2-9,13H2,1H3. The van der Waals surface area contributed by atoms with Crippen LogP contribution in [0.4, 0.5) is 0 Å². The summed E-state index contributed by atoms with van der Waals surface area (Å²) in [6, 6.07) is 0.0353. The van der Waals surface area contributed by atoms with E-state index in [1.54, 1.807) is 0 Å². The Morgan fingerprint density at radius 2 is 2.13 bits per heavy atom. The van der Waals surface area contributed by atoms with Crippen LogP contribution in [0.1, 0.15) is 51.9 Å². The van der Waals surface area contributed by atoms with Crippen LogP contribution in [0.5, 0.6) is 0 Å². The van der Waals surface area contributed by atoms with Crippen molar-refractivity contribution < 1.29 is 9.53 Å². The van der Waals surface area contributed by atoms with Gasteiger partial charge in [-0.25, -0.2) is 0 Å². The lowest BCUT2D eigenvalue weighted by molar-refractivity contribution is -0.148. The van der Waals surface area contributed by atoms with Crippen molar-refractivity contribution in [3.05, 3.63) is 0 Å². The fraction of sp³-hybridized carbons (Fsp3) is 0.917. The van der Waals surface area contributed by atoms with Crippen molar-refractivity contribution in [2.75, 3.05) is 6.61 Å². The lowest BCUT2D eigenvalue weighted by Crippen LogP contribution is -2.32. The van der Waals surface area contributed by atoms with E-state index in [0.717, 1.165) is 32.1 Å². The van der Waals surface area contributed by atoms with E-state index in [1.165, 1.54) is 12.8 Å². The van der Waals surface area contributed by atoms with Gasteiger partial charge in [0.15, 0.2) is 0 Å². The highest BCUT2D eigenvalue weighted by Crippen LogP contribution is 2.25. The molecule has 2 atom stereocenters. The van der Waals surface area contributed by atoms with Crippen LogP contribution in [0.25, 0.3) is 0 Å². The number of carbonyl (C=O) groups excluding carboxylic acids is 1. The van der Waals surface area contributed by atoms with E-state index < -0.39 is 0 Å². The van der Waals surface area contributed by atoms with Crippen molar-refractivity contribution >= 4 is 5.97 Å². The van der Waals surface area contributed by atoms with Crippen LogP contribution in [-0.4, -0.2) is 18.6 Å². The maximum absolute atomic E-state index is 11.6. The summed E-state index contributed by atoms with van der Waals surface area (Å²) in [5, 5.41) is 0. The Bertz CT molecular complexity index is 194. The Hall–Kier alpha value is -0.570. The topological polar surface area (TPSA) is 52.3 Å². The lowest BCUT2D eigenvalue weighted by atomic mass is 10.1. The zero-order valence-corrected chi connectivity index (χ0v) is 9.71. The summed E-state index contributed by atoms with van der Waals surface area (Å²) >= 11 is 0. The monoisotopic (exact) mass is 213 g/mol. The number of ether oxygens (including phenoxy) is 1. The fourth-order valence-electron chi connectivity index (χ4n) is 2.09. The molecule has 0 heterocycles. The first-order valence-electron chi connectivity index (χ1n) is 6.18. The first-order chi connectivity index (χ1) is 7.25. The average molecular weight is 213 g/mol. The second-order valence-electron chi connectivity index (χ2n) is 4.43. The summed E-state index contributed by atoms with van der Waals surface area (Å²) in [7, 11) is 0. The predicted octanol–water partition coefficient (Wildman–Crippen LogP) is 2.24. The van der Waals surface area contributed by atoms with Gasteiger partial charge in [0.05, 0.1) is 12.5 Å². The van der Waals surface area contributed by atoms with Gasteiger partial charge >= 0.3 is 5.97 Å². The minimum Gasteiger partial charge on any atom is -0.465 e. The molecule has 0 aromatic carbocycles. The molecule has 0 radical (unpaired) electrons. The first kappa shape index (κ1) is 12.5. The third kappa shape index (κ3) is 4.20. The SMILES string of the molecule is CCCCCCOC(=O)C1CCCC1N. The number of hydrogen-bond acceptors (Lipinski definition) is 3. The van der Waals surface area contributed by atoms with Crippen molar-refractivity contribution in [2.45, 2.75) is 57.9 Å². The number of hydrogen-bond donors (Lipinski definition) is 1. The Morgan fingerprint density at radius 3 is 2.73 bits per heavy atom. The van der Waals surface area contributed by atoms with Crippen LogP contribution in [-0.2, 0) is 9.53 Å². The van der Waals surface area contributed by atoms with Gasteiger partial charge < -0.3 is 10.5 Å². The predicted molar refractivity (Wildman–Crippen MR) is 60.4 cm³/mol. The highest BCUT2D eigenvalue weighted by atomic mass is 16.5. The van der Waals surface area contributed by atoms with Gasteiger partial charge in [-0.3, -0.25) is 4.79 Å². The van der Waals surface area contributed by atoms with E-state index in [2.05, 4.69) is 6.92 Å². The van der Waals surface area contributed by atoms with E-state index in [4.69, 9.17) is 10.5 Å². The third-order valence-electron chi connectivity index (χ3n) is 3.11. The van der Waals surface area contributed by atoms with E-state index >= 15 is 0 Å². The zero-order valence-electron chi connectivity index (χ0n) is 9.71. The molecule has 1 fully saturated rings. The number of carbonyl (C=O) groups is 1. The first-order valence-corrected chi connectivity index (χ1v) is 6.18. The maximum Gasteiger partial charge on any atom is 0.310 e. The van der Waals surface area contributed by atoms with Gasteiger partial charge in [0, 0.05) is 6.04 Å². The summed E-state index contributed by atoms with van der Waals surface area (Å²) in [4.78, 5) is 11.6. The van der Waals surface area contributed by atoms with E-state index in [1.807, 2.05) is 0 Å². The molecule has 3 nitrogen and oxygen atoms in total. The van der Waals surface area contributed by atoms with Crippen LogP contribution in [0.2, 0.25) is 0 Å². The molecule has 0 aliphatic heterocycles. The minimum atomic E-state index is -0.0727. The van der Waals surface area contributed by atoms with Crippen LogP contribution < -0.4 is 5.73 Å². The molecular formula is C12H23NO2. The van der Waals surface area contributed by atoms with Gasteiger partial charge in [0.2, 0.25) is 0 Å². The molecule has 0 spiro atoms. The van der Waals surface area contributed by atoms with Gasteiger partial charge in [-0.2, -0.15) is 0 Å². The molecule has 0 aromatic heterocycles. The summed E-state index contributed by atoms with van der Waals surface area (Å²) in [5.74, 6) is -0.104. The Balaban J connectivity index is 2.08. The molecule has 88 valence electrons. The van der Waals surface area contributed by atoms with E-state index in [-0.39, 0.29) is 17.9 Å². The number of esters is 1. The van der Waals surface area contributed by atoms with Crippen molar-refractivity contribution in [2.24, 2.45) is 11.7 Å². The van der Waals surface area contributed by atoms with Gasteiger partial charge in [-0.1, -0.05) is 32.6 Å². The van der Waals surface area contributed by atoms with Gasteiger partial charge in [0.25, 0.3) is 0 Å². The van der Waals surface area contributed by atoms with E-state index in [9.17, 15) is 4.79 Å². The second-order valence-corrected chi connectivity index (χ2v) is 4.43. The number of nitrogens with two attached hydrogens (primary N) is 1. The number of unbranched alkanes of at least 4 members (excludes halogenated alkanes) is 3. The molecule has 0 saturated heterocycles. The van der Waals surface area contributed by atoms with Gasteiger partial charge in [0.1, 0.15) is 0 Å². The van der Waals surface area contributed by atoms with Gasteiger partial charge in [-0.15, -0.1) is 0 Å². The molecule has 3 heteroatoms. The summed E-state index contributed by atoms with van der Waals surface area (Å²) in [6.45, 7) is 2.74. The fourth-order valence-corrected chi connectivity index (χ4v) is 2.09. The molecule has 1 aliphatic rings. The third-order valence-corrected chi connectivity index (χ3v) is 3.11. The smallest absolute Gasteiger partial charge is 0.310 e. The number of rotatable bonds is 6. The molecule has 0 amide bonds. The molecule has 1 rings (SSSR count). The van der Waals surface area contributed by atoms with Crippen molar-refractivity contribution in [1.29, 1.82) is 0 Å². The molecule has 0 aromatic rings. The minimum absolute atomic E-state index is 0.0313. The van der Waals surface area contributed by atoms with Crippen molar-refractivity contribution in [1.82, 2.24) is 0 Å². The molecule has 0 bridgehead atoms. The normalized spacial score (nSPS) is 25.5. The van der Waals surface area contributed by atoms with Crippen LogP contribution in [0, 0.1) is 5.92 Å². The Labute approximate surface area is 92.4 Å².